The van der Waals surface area contributed by atoms with Gasteiger partial charge in [0, 0.05) is 5.69 Å². The molecule has 0 fully saturated rings. The highest BCUT2D eigenvalue weighted by atomic mass is 16.6. The van der Waals surface area contributed by atoms with Crippen molar-refractivity contribution in [1.82, 2.24) is 0 Å². The monoisotopic (exact) mass is 352 g/mol. The predicted octanol–water partition coefficient (Wildman–Crippen LogP) is 3.29. The Morgan fingerprint density at radius 1 is 1.12 bits per heavy atom. The number of para-hydroxylation sites is 1. The number of carbonyl (C=O) groups excluding carboxylic acids is 2. The first kappa shape index (κ1) is 19.0. The third-order valence-corrected chi connectivity index (χ3v) is 3.60. The Balaban J connectivity index is 1.91. The second-order valence-corrected chi connectivity index (χ2v) is 5.59. The maximum absolute atomic E-state index is 12.3. The summed E-state index contributed by atoms with van der Waals surface area (Å²) < 4.78 is 10.8. The van der Waals surface area contributed by atoms with Gasteiger partial charge in [-0.15, -0.1) is 0 Å². The van der Waals surface area contributed by atoms with Crippen LogP contribution in [0.15, 0.2) is 54.6 Å². The van der Waals surface area contributed by atoms with Gasteiger partial charge < -0.3 is 14.8 Å². The molecule has 2 rings (SSSR count). The fourth-order valence-electron chi connectivity index (χ4n) is 2.14. The highest BCUT2D eigenvalue weighted by molar-refractivity contribution is 5.95. The van der Waals surface area contributed by atoms with E-state index in [2.05, 4.69) is 5.32 Å². The molecule has 134 valence electrons. The normalized spacial score (nSPS) is 12.3. The van der Waals surface area contributed by atoms with Crippen LogP contribution in [0.3, 0.4) is 0 Å². The quantitative estimate of drug-likeness (QED) is 0.773. The minimum atomic E-state index is -0.980. The molecule has 0 aliphatic rings. The number of rotatable bonds is 7. The molecular formula is C20H20N2O4. The van der Waals surface area contributed by atoms with E-state index in [4.69, 9.17) is 14.7 Å². The average molecular weight is 352 g/mol. The Labute approximate surface area is 152 Å². The van der Waals surface area contributed by atoms with Crippen LogP contribution in [0.5, 0.6) is 5.75 Å². The predicted molar refractivity (Wildman–Crippen MR) is 96.5 cm³/mol. The molecule has 0 aliphatic heterocycles. The van der Waals surface area contributed by atoms with E-state index < -0.39 is 24.1 Å². The average Bonchev–Trinajstić information content (AvgIpc) is 2.67. The van der Waals surface area contributed by atoms with E-state index in [-0.39, 0.29) is 0 Å². The Hall–Kier alpha value is -3.33. The standard InChI is InChI=1S/C20H20N2O4/c1-3-18(26-17-7-5-4-6-8-17)20(24)25-14(2)19(23)22-16-11-9-15(13-21)10-12-16/h4-12,14,18H,3H2,1-2H3,(H,22,23)/t14-,18-/m0/s1. The van der Waals surface area contributed by atoms with Gasteiger partial charge in [-0.2, -0.15) is 5.26 Å². The van der Waals surface area contributed by atoms with Crippen LogP contribution in [0.25, 0.3) is 0 Å². The van der Waals surface area contributed by atoms with Crippen molar-refractivity contribution < 1.29 is 19.1 Å². The van der Waals surface area contributed by atoms with E-state index in [9.17, 15) is 9.59 Å². The number of nitriles is 1. The van der Waals surface area contributed by atoms with Crippen LogP contribution < -0.4 is 10.1 Å². The molecule has 0 spiro atoms. The Morgan fingerprint density at radius 3 is 2.35 bits per heavy atom. The van der Waals surface area contributed by atoms with Crippen molar-refractivity contribution in [2.45, 2.75) is 32.5 Å². The lowest BCUT2D eigenvalue weighted by Crippen LogP contribution is -2.36. The minimum absolute atomic E-state index is 0.414. The zero-order valence-electron chi connectivity index (χ0n) is 14.6. The number of amides is 1. The Morgan fingerprint density at radius 2 is 1.77 bits per heavy atom. The summed E-state index contributed by atoms with van der Waals surface area (Å²) in [5, 5.41) is 11.4. The number of carbonyl (C=O) groups is 2. The molecule has 2 aromatic rings. The van der Waals surface area contributed by atoms with E-state index in [0.29, 0.717) is 23.4 Å². The minimum Gasteiger partial charge on any atom is -0.479 e. The molecular weight excluding hydrogens is 332 g/mol. The number of nitrogens with one attached hydrogen (secondary N) is 1. The van der Waals surface area contributed by atoms with Crippen LogP contribution in [-0.2, 0) is 14.3 Å². The van der Waals surface area contributed by atoms with E-state index in [0.717, 1.165) is 0 Å². The van der Waals surface area contributed by atoms with Crippen LogP contribution in [0.2, 0.25) is 0 Å². The topological polar surface area (TPSA) is 88.4 Å². The second-order valence-electron chi connectivity index (χ2n) is 5.59. The fraction of sp³-hybridized carbons (Fsp3) is 0.250. The second kappa shape index (κ2) is 9.23. The van der Waals surface area contributed by atoms with Gasteiger partial charge in [-0.1, -0.05) is 25.1 Å². The lowest BCUT2D eigenvalue weighted by atomic mass is 10.2. The van der Waals surface area contributed by atoms with Gasteiger partial charge in [0.2, 0.25) is 0 Å². The van der Waals surface area contributed by atoms with Gasteiger partial charge in [0.05, 0.1) is 11.6 Å². The molecule has 1 amide bonds. The zero-order valence-corrected chi connectivity index (χ0v) is 14.6. The van der Waals surface area contributed by atoms with Gasteiger partial charge in [-0.05, 0) is 49.7 Å². The number of esters is 1. The number of hydrogen-bond acceptors (Lipinski definition) is 5. The lowest BCUT2D eigenvalue weighted by molar-refractivity contribution is -0.160. The lowest BCUT2D eigenvalue weighted by Gasteiger charge is -2.19. The molecule has 0 aromatic heterocycles. The fourth-order valence-corrected chi connectivity index (χ4v) is 2.14. The van der Waals surface area contributed by atoms with Crippen LogP contribution in [0, 0.1) is 11.3 Å². The molecule has 0 unspecified atom stereocenters. The van der Waals surface area contributed by atoms with Crippen molar-refractivity contribution in [2.75, 3.05) is 5.32 Å². The molecule has 2 aromatic carbocycles. The highest BCUT2D eigenvalue weighted by Crippen LogP contribution is 2.15. The van der Waals surface area contributed by atoms with Crippen LogP contribution in [0.1, 0.15) is 25.8 Å². The third kappa shape index (κ3) is 5.35. The van der Waals surface area contributed by atoms with Gasteiger partial charge in [-0.3, -0.25) is 4.79 Å². The summed E-state index contributed by atoms with van der Waals surface area (Å²) in [7, 11) is 0. The Bertz CT molecular complexity index is 782. The SMILES string of the molecule is CC[C@H](Oc1ccccc1)C(=O)O[C@@H](C)C(=O)Nc1ccc(C#N)cc1. The summed E-state index contributed by atoms with van der Waals surface area (Å²) in [6, 6.07) is 17.4. The molecule has 0 heterocycles. The first-order valence-electron chi connectivity index (χ1n) is 8.26. The zero-order chi connectivity index (χ0) is 18.9. The number of nitrogens with zero attached hydrogens (tertiary/aromatic N) is 1. The number of anilines is 1. The van der Waals surface area contributed by atoms with Gasteiger partial charge in [-0.25, -0.2) is 4.79 Å². The molecule has 0 aliphatic carbocycles. The molecule has 0 saturated heterocycles. The van der Waals surface area contributed by atoms with E-state index in [1.165, 1.54) is 6.92 Å². The smallest absolute Gasteiger partial charge is 0.348 e. The van der Waals surface area contributed by atoms with Crippen molar-refractivity contribution >= 4 is 17.6 Å². The van der Waals surface area contributed by atoms with Crippen molar-refractivity contribution in [1.29, 1.82) is 5.26 Å². The largest absolute Gasteiger partial charge is 0.479 e. The van der Waals surface area contributed by atoms with Gasteiger partial charge in [0.1, 0.15) is 5.75 Å². The van der Waals surface area contributed by atoms with Gasteiger partial charge in [0.15, 0.2) is 12.2 Å². The first-order chi connectivity index (χ1) is 12.5. The molecule has 6 heteroatoms. The molecule has 0 saturated carbocycles. The number of hydrogen-bond donors (Lipinski definition) is 1. The van der Waals surface area contributed by atoms with Crippen molar-refractivity contribution in [3.8, 4) is 11.8 Å². The number of ether oxygens (including phenoxy) is 2. The summed E-state index contributed by atoms with van der Waals surface area (Å²) in [6.45, 7) is 3.29. The molecule has 1 N–H and O–H groups in total. The highest BCUT2D eigenvalue weighted by Gasteiger charge is 2.25. The molecule has 0 bridgehead atoms. The van der Waals surface area contributed by atoms with E-state index in [1.54, 1.807) is 55.5 Å². The summed E-state index contributed by atoms with van der Waals surface area (Å²) >= 11 is 0. The van der Waals surface area contributed by atoms with Crippen LogP contribution in [-0.4, -0.2) is 24.1 Å². The van der Waals surface area contributed by atoms with Crippen LogP contribution >= 0.6 is 0 Å². The maximum atomic E-state index is 12.3. The molecule has 2 atom stereocenters. The Kier molecular flexibility index (Phi) is 6.75. The first-order valence-corrected chi connectivity index (χ1v) is 8.26. The van der Waals surface area contributed by atoms with E-state index >= 15 is 0 Å². The maximum Gasteiger partial charge on any atom is 0.348 e. The van der Waals surface area contributed by atoms with Crippen molar-refractivity contribution in [3.63, 3.8) is 0 Å². The summed E-state index contributed by atoms with van der Waals surface area (Å²) in [4.78, 5) is 24.4. The summed E-state index contributed by atoms with van der Waals surface area (Å²) in [5.74, 6) is -0.498. The molecule has 26 heavy (non-hydrogen) atoms. The van der Waals surface area contributed by atoms with Gasteiger partial charge in [0.25, 0.3) is 5.91 Å². The van der Waals surface area contributed by atoms with Gasteiger partial charge >= 0.3 is 5.97 Å². The van der Waals surface area contributed by atoms with Crippen LogP contribution in [0.4, 0.5) is 5.69 Å². The molecule has 0 radical (unpaired) electrons. The third-order valence-electron chi connectivity index (χ3n) is 3.60. The summed E-state index contributed by atoms with van der Waals surface area (Å²) in [6.07, 6.45) is -1.35. The van der Waals surface area contributed by atoms with E-state index in [1.807, 2.05) is 12.1 Å². The van der Waals surface area contributed by atoms with Crippen molar-refractivity contribution in [2.24, 2.45) is 0 Å². The van der Waals surface area contributed by atoms with Crippen molar-refractivity contribution in [3.05, 3.63) is 60.2 Å². The summed E-state index contributed by atoms with van der Waals surface area (Å²) in [5.41, 5.74) is 1.01. The number of benzene rings is 2. The molecule has 6 nitrogen and oxygen atoms in total.